The molecule has 0 saturated carbocycles. The molecule has 7 nitrogen and oxygen atoms in total. The molecule has 0 aliphatic rings. The van der Waals surface area contributed by atoms with Crippen molar-refractivity contribution in [3.8, 4) is 0 Å². The molecule has 0 aliphatic carbocycles. The molecule has 0 spiro atoms. The topological polar surface area (TPSA) is 104 Å². The molecule has 0 amide bonds. The Balaban J connectivity index is 0.000000293. The molecule has 0 saturated heterocycles. The van der Waals surface area contributed by atoms with Crippen molar-refractivity contribution >= 4 is 29.3 Å². The van der Waals surface area contributed by atoms with Crippen molar-refractivity contribution in [3.63, 3.8) is 0 Å². The molecule has 0 aromatic heterocycles. The van der Waals surface area contributed by atoms with Crippen LogP contribution in [-0.4, -0.2) is 42.0 Å². The van der Waals surface area contributed by atoms with Gasteiger partial charge in [0.2, 0.25) is 0 Å². The van der Waals surface area contributed by atoms with E-state index in [1.54, 1.807) is 86.6 Å². The van der Waals surface area contributed by atoms with Crippen LogP contribution in [0.5, 0.6) is 0 Å². The maximum atomic E-state index is 11.9. The first-order valence-corrected chi connectivity index (χ1v) is 12.9. The molecule has 0 N–H and O–H groups in total. The third-order valence-corrected chi connectivity index (χ3v) is 5.36. The van der Waals surface area contributed by atoms with E-state index in [0.29, 0.717) is 16.7 Å². The van der Waals surface area contributed by atoms with Crippen LogP contribution >= 0.6 is 0 Å². The van der Waals surface area contributed by atoms with Gasteiger partial charge in [-0.1, -0.05) is 91.0 Å². The highest BCUT2D eigenvalue weighted by Gasteiger charge is 2.12. The van der Waals surface area contributed by atoms with E-state index in [9.17, 15) is 24.0 Å². The van der Waals surface area contributed by atoms with Gasteiger partial charge < -0.3 is 9.47 Å². The van der Waals surface area contributed by atoms with Crippen LogP contribution in [0.25, 0.3) is 0 Å². The van der Waals surface area contributed by atoms with E-state index in [1.807, 2.05) is 18.2 Å². The second-order valence-corrected chi connectivity index (χ2v) is 8.88. The highest BCUT2D eigenvalue weighted by Crippen LogP contribution is 2.08. The first-order chi connectivity index (χ1) is 18.8. The summed E-state index contributed by atoms with van der Waals surface area (Å²) in [6, 6.07) is 26.6. The van der Waals surface area contributed by atoms with Crippen molar-refractivity contribution < 1.29 is 33.4 Å². The smallest absolute Gasteiger partial charge is 0.306 e. The summed E-state index contributed by atoms with van der Waals surface area (Å²) in [6.07, 6.45) is 0.492. The molecule has 204 valence electrons. The van der Waals surface area contributed by atoms with Crippen molar-refractivity contribution in [3.05, 3.63) is 108 Å². The second-order valence-electron chi connectivity index (χ2n) is 8.88. The minimum atomic E-state index is -0.463. The fourth-order valence-corrected chi connectivity index (χ4v) is 3.39. The van der Waals surface area contributed by atoms with Gasteiger partial charge in [-0.3, -0.25) is 24.0 Å². The minimum Gasteiger partial charge on any atom is -0.465 e. The molecule has 0 unspecified atom stereocenters. The van der Waals surface area contributed by atoms with Gasteiger partial charge in [0.05, 0.1) is 25.6 Å². The molecule has 0 fully saturated rings. The molecule has 3 aromatic carbocycles. The fraction of sp³-hybridized carbons (Fsp3) is 0.281. The van der Waals surface area contributed by atoms with Crippen LogP contribution < -0.4 is 0 Å². The van der Waals surface area contributed by atoms with Gasteiger partial charge in [0, 0.05) is 36.0 Å². The highest BCUT2D eigenvalue weighted by atomic mass is 16.5. The Labute approximate surface area is 229 Å². The molecule has 39 heavy (non-hydrogen) atoms. The number of ketones is 3. The van der Waals surface area contributed by atoms with E-state index in [-0.39, 0.29) is 68.1 Å². The van der Waals surface area contributed by atoms with E-state index in [0.717, 1.165) is 0 Å². The number of hydrogen-bond donors (Lipinski definition) is 0. The average Bonchev–Trinajstić information content (AvgIpc) is 2.96. The number of esters is 2. The van der Waals surface area contributed by atoms with Crippen LogP contribution in [-0.2, 0) is 19.1 Å². The Bertz CT molecular complexity index is 1200. The molecule has 0 bridgehead atoms. The van der Waals surface area contributed by atoms with Gasteiger partial charge in [-0.15, -0.1) is 0 Å². The van der Waals surface area contributed by atoms with E-state index < -0.39 is 5.97 Å². The summed E-state index contributed by atoms with van der Waals surface area (Å²) in [7, 11) is 0. The number of rotatable bonds is 13. The normalized spacial score (nSPS) is 10.1. The van der Waals surface area contributed by atoms with Crippen LogP contribution in [0.3, 0.4) is 0 Å². The third kappa shape index (κ3) is 12.6. The molecule has 0 radical (unpaired) electrons. The second kappa shape index (κ2) is 17.2. The summed E-state index contributed by atoms with van der Waals surface area (Å²) in [5.74, 6) is -0.975. The monoisotopic (exact) mass is 530 g/mol. The van der Waals surface area contributed by atoms with Gasteiger partial charge in [0.25, 0.3) is 0 Å². The van der Waals surface area contributed by atoms with Crippen molar-refractivity contribution in [2.45, 2.75) is 52.1 Å². The van der Waals surface area contributed by atoms with E-state index in [1.165, 1.54) is 0 Å². The van der Waals surface area contributed by atoms with Crippen molar-refractivity contribution in [2.75, 3.05) is 6.61 Å². The Kier molecular flexibility index (Phi) is 13.6. The molecule has 3 rings (SSSR count). The first kappa shape index (κ1) is 30.8. The summed E-state index contributed by atoms with van der Waals surface area (Å²) in [6.45, 7) is 3.61. The van der Waals surface area contributed by atoms with Crippen LogP contribution in [0.2, 0.25) is 0 Å². The van der Waals surface area contributed by atoms with E-state index in [4.69, 9.17) is 9.47 Å². The summed E-state index contributed by atoms with van der Waals surface area (Å²) in [5, 5.41) is 0. The SMILES string of the molecule is CC(C)OC(=O)CCC(=O)c1ccccc1.O=C(CCC(=O)c1ccccc1)OCCC(=O)c1ccccc1. The highest BCUT2D eigenvalue weighted by molar-refractivity contribution is 5.98. The van der Waals surface area contributed by atoms with E-state index >= 15 is 0 Å². The van der Waals surface area contributed by atoms with Crippen molar-refractivity contribution in [1.29, 1.82) is 0 Å². The lowest BCUT2D eigenvalue weighted by molar-refractivity contribution is -0.147. The number of Topliss-reactive ketones (excluding diaryl/α,β-unsaturated/α-hetero) is 3. The molecular weight excluding hydrogens is 496 g/mol. The largest absolute Gasteiger partial charge is 0.465 e. The van der Waals surface area contributed by atoms with Gasteiger partial charge in [0.1, 0.15) is 0 Å². The summed E-state index contributed by atoms with van der Waals surface area (Å²) in [5.41, 5.74) is 1.82. The maximum absolute atomic E-state index is 11.9. The zero-order valence-electron chi connectivity index (χ0n) is 22.3. The first-order valence-electron chi connectivity index (χ1n) is 12.9. The molecular formula is C32H34O7. The predicted octanol–water partition coefficient (Wildman–Crippen LogP) is 6.07. The van der Waals surface area contributed by atoms with Crippen molar-refractivity contribution in [1.82, 2.24) is 0 Å². The Morgan fingerprint density at radius 1 is 0.513 bits per heavy atom. The summed E-state index contributed by atoms with van der Waals surface area (Å²) >= 11 is 0. The number of hydrogen-bond acceptors (Lipinski definition) is 7. The van der Waals surface area contributed by atoms with Gasteiger partial charge in [0.15, 0.2) is 17.3 Å². The van der Waals surface area contributed by atoms with Gasteiger partial charge in [-0.25, -0.2) is 0 Å². The van der Waals surface area contributed by atoms with Gasteiger partial charge in [-0.2, -0.15) is 0 Å². The molecule has 0 aliphatic heterocycles. The third-order valence-electron chi connectivity index (χ3n) is 5.36. The zero-order chi connectivity index (χ0) is 28.5. The van der Waals surface area contributed by atoms with Gasteiger partial charge >= 0.3 is 11.9 Å². The van der Waals surface area contributed by atoms with Gasteiger partial charge in [-0.05, 0) is 13.8 Å². The van der Waals surface area contributed by atoms with Crippen LogP contribution in [0.15, 0.2) is 91.0 Å². The lowest BCUT2D eigenvalue weighted by Crippen LogP contribution is -2.12. The molecule has 0 atom stereocenters. The fourth-order valence-electron chi connectivity index (χ4n) is 3.39. The molecule has 0 heterocycles. The number of benzene rings is 3. The quantitative estimate of drug-likeness (QED) is 0.195. The Morgan fingerprint density at radius 3 is 1.26 bits per heavy atom. The number of carbonyl (C=O) groups is 5. The lowest BCUT2D eigenvalue weighted by Gasteiger charge is -2.07. The number of ether oxygens (including phenoxy) is 2. The predicted molar refractivity (Wildman–Crippen MR) is 148 cm³/mol. The standard InChI is InChI=1S/C19H18O4.C13H16O3/c20-17(15-7-3-1-4-8-15)11-12-19(22)23-14-13-18(21)16-9-5-2-6-10-16;1-10(2)16-13(15)9-8-12(14)11-6-4-3-5-7-11/h1-10H,11-14H2;3-7,10H,8-9H2,1-2H3. The molecule has 7 heteroatoms. The van der Waals surface area contributed by atoms with Crippen molar-refractivity contribution in [2.24, 2.45) is 0 Å². The lowest BCUT2D eigenvalue weighted by atomic mass is 10.1. The van der Waals surface area contributed by atoms with Crippen LogP contribution in [0, 0.1) is 0 Å². The van der Waals surface area contributed by atoms with Crippen LogP contribution in [0.1, 0.15) is 77.0 Å². The Morgan fingerprint density at radius 2 is 0.872 bits per heavy atom. The minimum absolute atomic E-state index is 0.0211. The summed E-state index contributed by atoms with van der Waals surface area (Å²) in [4.78, 5) is 58.1. The van der Waals surface area contributed by atoms with E-state index in [2.05, 4.69) is 0 Å². The average molecular weight is 531 g/mol. The maximum Gasteiger partial charge on any atom is 0.306 e. The molecule has 3 aromatic rings. The summed E-state index contributed by atoms with van der Waals surface area (Å²) < 4.78 is 9.95. The Hall–Kier alpha value is -4.39. The zero-order valence-corrected chi connectivity index (χ0v) is 22.3. The van der Waals surface area contributed by atoms with Crippen LogP contribution in [0.4, 0.5) is 0 Å². The number of carbonyl (C=O) groups excluding carboxylic acids is 5.